The number of rotatable bonds is 7. The van der Waals surface area contributed by atoms with Crippen molar-refractivity contribution < 1.29 is 5.11 Å². The molecule has 0 aromatic heterocycles. The van der Waals surface area contributed by atoms with Crippen LogP contribution in [0.15, 0.2) is 29.3 Å². The highest BCUT2D eigenvalue weighted by molar-refractivity contribution is 14.0. The van der Waals surface area contributed by atoms with Crippen molar-refractivity contribution in [2.45, 2.75) is 38.7 Å². The fourth-order valence-corrected chi connectivity index (χ4v) is 1.96. The minimum Gasteiger partial charge on any atom is -0.392 e. The summed E-state index contributed by atoms with van der Waals surface area (Å²) in [6.45, 7) is 8.75. The van der Waals surface area contributed by atoms with Gasteiger partial charge in [0, 0.05) is 17.8 Å². The van der Waals surface area contributed by atoms with E-state index in [1.54, 1.807) is 0 Å². The summed E-state index contributed by atoms with van der Waals surface area (Å²) in [6.07, 6.45) is 2.11. The second-order valence-electron chi connectivity index (χ2n) is 5.44. The van der Waals surface area contributed by atoms with Crippen LogP contribution in [0.2, 0.25) is 0 Å². The maximum absolute atomic E-state index is 9.35. The standard InChI is InChI=1S/C16H27N3OS.HI/c1-5-17-15(19-12-16(2,3)21-4)18-10-13-8-6-7-9-14(13)11-20;/h6-9,20H,5,10-12H2,1-4H3,(H2,17,18,19);1H. The number of aliphatic hydroxyl groups excluding tert-OH is 1. The molecule has 0 fully saturated rings. The molecule has 0 aliphatic heterocycles. The molecule has 0 heterocycles. The molecule has 1 aromatic carbocycles. The van der Waals surface area contributed by atoms with Crippen molar-refractivity contribution in [2.75, 3.05) is 19.3 Å². The topological polar surface area (TPSA) is 56.7 Å². The molecule has 0 unspecified atom stereocenters. The van der Waals surface area contributed by atoms with Gasteiger partial charge in [0.05, 0.1) is 13.2 Å². The number of nitrogens with zero attached hydrogens (tertiary/aromatic N) is 1. The molecule has 0 radical (unpaired) electrons. The molecule has 0 saturated heterocycles. The number of hydrogen-bond donors (Lipinski definition) is 3. The van der Waals surface area contributed by atoms with E-state index in [1.807, 2.05) is 36.0 Å². The van der Waals surface area contributed by atoms with Crippen LogP contribution >= 0.6 is 35.7 Å². The number of aliphatic imine (C=N–C) groups is 1. The number of hydrogen-bond acceptors (Lipinski definition) is 3. The van der Waals surface area contributed by atoms with Gasteiger partial charge in [-0.1, -0.05) is 24.3 Å². The Morgan fingerprint density at radius 2 is 1.86 bits per heavy atom. The molecule has 6 heteroatoms. The van der Waals surface area contributed by atoms with Crippen molar-refractivity contribution in [3.8, 4) is 0 Å². The van der Waals surface area contributed by atoms with Crippen LogP contribution in [0.5, 0.6) is 0 Å². The molecule has 0 spiro atoms. The molecule has 0 saturated carbocycles. The molecule has 0 atom stereocenters. The third kappa shape index (κ3) is 7.69. The van der Waals surface area contributed by atoms with Crippen LogP contribution < -0.4 is 10.6 Å². The Morgan fingerprint density at radius 3 is 2.41 bits per heavy atom. The van der Waals surface area contributed by atoms with Crippen LogP contribution in [-0.2, 0) is 13.2 Å². The highest BCUT2D eigenvalue weighted by Crippen LogP contribution is 2.19. The summed E-state index contributed by atoms with van der Waals surface area (Å²) >= 11 is 1.83. The van der Waals surface area contributed by atoms with Crippen LogP contribution in [-0.4, -0.2) is 35.2 Å². The van der Waals surface area contributed by atoms with Gasteiger partial charge in [-0.05, 0) is 38.2 Å². The molecule has 3 N–H and O–H groups in total. The second-order valence-corrected chi connectivity index (χ2v) is 6.95. The Morgan fingerprint density at radius 1 is 1.23 bits per heavy atom. The van der Waals surface area contributed by atoms with Crippen LogP contribution in [0.3, 0.4) is 0 Å². The van der Waals surface area contributed by atoms with Gasteiger partial charge in [-0.2, -0.15) is 11.8 Å². The van der Waals surface area contributed by atoms with Crippen molar-refractivity contribution in [3.63, 3.8) is 0 Å². The lowest BCUT2D eigenvalue weighted by atomic mass is 10.1. The quantitative estimate of drug-likeness (QED) is 0.349. The Labute approximate surface area is 155 Å². The smallest absolute Gasteiger partial charge is 0.191 e. The van der Waals surface area contributed by atoms with E-state index in [1.165, 1.54) is 0 Å². The normalized spacial score (nSPS) is 11.8. The molecule has 0 amide bonds. The van der Waals surface area contributed by atoms with Gasteiger partial charge in [0.25, 0.3) is 0 Å². The van der Waals surface area contributed by atoms with E-state index in [4.69, 9.17) is 0 Å². The first-order valence-electron chi connectivity index (χ1n) is 7.27. The maximum Gasteiger partial charge on any atom is 0.191 e. The number of aliphatic hydroxyl groups is 1. The molecular weight excluding hydrogens is 409 g/mol. The zero-order valence-corrected chi connectivity index (χ0v) is 17.0. The third-order valence-electron chi connectivity index (χ3n) is 3.27. The number of halogens is 1. The summed E-state index contributed by atoms with van der Waals surface area (Å²) < 4.78 is 0.166. The summed E-state index contributed by atoms with van der Waals surface area (Å²) in [5.41, 5.74) is 1.99. The van der Waals surface area contributed by atoms with Crippen LogP contribution in [0, 0.1) is 0 Å². The van der Waals surface area contributed by atoms with Gasteiger partial charge in [0.2, 0.25) is 0 Å². The number of benzene rings is 1. The second kappa shape index (κ2) is 11.1. The fourth-order valence-electron chi connectivity index (χ4n) is 1.74. The van der Waals surface area contributed by atoms with E-state index < -0.39 is 0 Å². The SMILES string of the molecule is CCNC(=NCc1ccccc1CO)NCC(C)(C)SC.I. The summed E-state index contributed by atoms with van der Waals surface area (Å²) in [4.78, 5) is 4.60. The molecule has 4 nitrogen and oxygen atoms in total. The molecule has 1 rings (SSSR count). The Bertz CT molecular complexity index is 466. The average Bonchev–Trinajstić information content (AvgIpc) is 2.50. The highest BCUT2D eigenvalue weighted by atomic mass is 127. The lowest BCUT2D eigenvalue weighted by Crippen LogP contribution is -2.43. The highest BCUT2D eigenvalue weighted by Gasteiger charge is 2.16. The molecule has 22 heavy (non-hydrogen) atoms. The molecule has 1 aromatic rings. The van der Waals surface area contributed by atoms with Crippen LogP contribution in [0.4, 0.5) is 0 Å². The molecule has 0 aliphatic rings. The Kier molecular flexibility index (Phi) is 10.9. The molecular formula is C16H28IN3OS. The molecule has 0 bridgehead atoms. The maximum atomic E-state index is 9.35. The van der Waals surface area contributed by atoms with E-state index in [0.717, 1.165) is 30.2 Å². The fraction of sp³-hybridized carbons (Fsp3) is 0.562. The average molecular weight is 437 g/mol. The first kappa shape index (κ1) is 21.5. The zero-order chi connectivity index (χ0) is 15.7. The summed E-state index contributed by atoms with van der Waals surface area (Å²) in [5, 5.41) is 16.0. The largest absolute Gasteiger partial charge is 0.392 e. The van der Waals surface area contributed by atoms with E-state index in [9.17, 15) is 5.11 Å². The summed E-state index contributed by atoms with van der Waals surface area (Å²) in [7, 11) is 0. The molecule has 126 valence electrons. The van der Waals surface area contributed by atoms with Crippen molar-refractivity contribution in [3.05, 3.63) is 35.4 Å². The van der Waals surface area contributed by atoms with Crippen molar-refractivity contribution in [2.24, 2.45) is 4.99 Å². The first-order valence-corrected chi connectivity index (χ1v) is 8.50. The Balaban J connectivity index is 0.00000441. The van der Waals surface area contributed by atoms with E-state index in [2.05, 4.69) is 42.7 Å². The Hall–Kier alpha value is -0.470. The van der Waals surface area contributed by atoms with E-state index in [-0.39, 0.29) is 35.3 Å². The minimum atomic E-state index is 0. The minimum absolute atomic E-state index is 0. The number of nitrogens with one attached hydrogen (secondary N) is 2. The number of guanidine groups is 1. The van der Waals surface area contributed by atoms with Crippen molar-refractivity contribution in [1.82, 2.24) is 10.6 Å². The van der Waals surface area contributed by atoms with Gasteiger partial charge in [-0.3, -0.25) is 0 Å². The zero-order valence-electron chi connectivity index (χ0n) is 13.8. The van der Waals surface area contributed by atoms with Gasteiger partial charge in [0.1, 0.15) is 0 Å². The van der Waals surface area contributed by atoms with Gasteiger partial charge < -0.3 is 15.7 Å². The predicted octanol–water partition coefficient (Wildman–Crippen LogP) is 2.99. The lowest BCUT2D eigenvalue weighted by Gasteiger charge is -2.23. The lowest BCUT2D eigenvalue weighted by molar-refractivity contribution is 0.280. The van der Waals surface area contributed by atoms with Gasteiger partial charge >= 0.3 is 0 Å². The monoisotopic (exact) mass is 437 g/mol. The summed E-state index contributed by atoms with van der Waals surface area (Å²) in [5.74, 6) is 0.812. The van der Waals surface area contributed by atoms with Gasteiger partial charge in [-0.15, -0.1) is 24.0 Å². The van der Waals surface area contributed by atoms with Crippen molar-refractivity contribution >= 4 is 41.7 Å². The van der Waals surface area contributed by atoms with Crippen molar-refractivity contribution in [1.29, 1.82) is 0 Å². The van der Waals surface area contributed by atoms with Crippen LogP contribution in [0.1, 0.15) is 31.9 Å². The first-order chi connectivity index (χ1) is 10.0. The van der Waals surface area contributed by atoms with Gasteiger partial charge in [-0.25, -0.2) is 4.99 Å². The van der Waals surface area contributed by atoms with E-state index >= 15 is 0 Å². The van der Waals surface area contributed by atoms with Gasteiger partial charge in [0.15, 0.2) is 5.96 Å². The number of thioether (sulfide) groups is 1. The third-order valence-corrected chi connectivity index (χ3v) is 4.52. The van der Waals surface area contributed by atoms with Crippen LogP contribution in [0.25, 0.3) is 0 Å². The molecule has 0 aliphatic carbocycles. The predicted molar refractivity (Wildman–Crippen MR) is 108 cm³/mol. The van der Waals surface area contributed by atoms with E-state index in [0.29, 0.717) is 6.54 Å². The summed E-state index contributed by atoms with van der Waals surface area (Å²) in [6, 6.07) is 7.84.